The number of halogens is 3. The second-order valence-electron chi connectivity index (χ2n) is 4.29. The molecule has 124 valence electrons. The monoisotopic (exact) mass is 321 g/mol. The van der Waals surface area contributed by atoms with Gasteiger partial charge in [-0.1, -0.05) is 0 Å². The third-order valence-corrected chi connectivity index (χ3v) is 2.53. The zero-order valence-electron chi connectivity index (χ0n) is 12.1. The third-order valence-electron chi connectivity index (χ3n) is 2.53. The maximum atomic E-state index is 12.0. The van der Waals surface area contributed by atoms with Crippen LogP contribution in [0, 0.1) is 0 Å². The molecule has 1 amide bonds. The van der Waals surface area contributed by atoms with E-state index in [0.717, 1.165) is 12.1 Å². The molecule has 0 saturated carbocycles. The molecule has 0 saturated heterocycles. The lowest BCUT2D eigenvalue weighted by atomic mass is 10.2. The first kappa shape index (κ1) is 18.2. The molecular formula is C14H18F3NO4. The molecule has 0 spiro atoms. The average Bonchev–Trinajstić information content (AvgIpc) is 2.45. The van der Waals surface area contributed by atoms with Gasteiger partial charge in [-0.25, -0.2) is 0 Å². The third kappa shape index (κ3) is 7.84. The van der Waals surface area contributed by atoms with Crippen LogP contribution >= 0.6 is 0 Å². The average molecular weight is 321 g/mol. The maximum absolute atomic E-state index is 12.0. The van der Waals surface area contributed by atoms with Crippen molar-refractivity contribution in [3.05, 3.63) is 29.8 Å². The van der Waals surface area contributed by atoms with Crippen LogP contribution in [0.4, 0.5) is 13.2 Å². The highest BCUT2D eigenvalue weighted by molar-refractivity contribution is 5.94. The second kappa shape index (κ2) is 9.26. The molecule has 8 heteroatoms. The van der Waals surface area contributed by atoms with E-state index in [-0.39, 0.29) is 17.2 Å². The number of alkyl halides is 3. The van der Waals surface area contributed by atoms with Crippen molar-refractivity contribution in [3.8, 4) is 5.75 Å². The molecule has 0 unspecified atom stereocenters. The molecule has 0 heterocycles. The molecule has 5 nitrogen and oxygen atoms in total. The summed E-state index contributed by atoms with van der Waals surface area (Å²) in [6.45, 7) is 1.90. The van der Waals surface area contributed by atoms with Gasteiger partial charge in [-0.2, -0.15) is 0 Å². The minimum Gasteiger partial charge on any atom is -0.406 e. The zero-order chi connectivity index (χ0) is 16.4. The predicted molar refractivity (Wildman–Crippen MR) is 72.8 cm³/mol. The van der Waals surface area contributed by atoms with Crippen molar-refractivity contribution in [2.24, 2.45) is 0 Å². The van der Waals surface area contributed by atoms with Crippen LogP contribution in [0.15, 0.2) is 24.3 Å². The lowest BCUT2D eigenvalue weighted by Gasteiger charge is -2.09. The van der Waals surface area contributed by atoms with E-state index >= 15 is 0 Å². The van der Waals surface area contributed by atoms with E-state index in [9.17, 15) is 18.0 Å². The van der Waals surface area contributed by atoms with Gasteiger partial charge in [0.2, 0.25) is 0 Å². The first-order valence-electron chi connectivity index (χ1n) is 6.63. The van der Waals surface area contributed by atoms with Crippen LogP contribution in [0.5, 0.6) is 5.75 Å². The highest BCUT2D eigenvalue weighted by Crippen LogP contribution is 2.22. The molecular weight excluding hydrogens is 303 g/mol. The number of hydrogen-bond donors (Lipinski definition) is 1. The minimum absolute atomic E-state index is 0.259. The summed E-state index contributed by atoms with van der Waals surface area (Å²) in [5.41, 5.74) is 0.259. The molecule has 22 heavy (non-hydrogen) atoms. The van der Waals surface area contributed by atoms with Crippen molar-refractivity contribution in [2.75, 3.05) is 33.5 Å². The summed E-state index contributed by atoms with van der Waals surface area (Å²) in [4.78, 5) is 11.7. The van der Waals surface area contributed by atoms with Gasteiger partial charge in [0.25, 0.3) is 5.91 Å². The Morgan fingerprint density at radius 2 is 1.82 bits per heavy atom. The van der Waals surface area contributed by atoms with Crippen LogP contribution in [0.25, 0.3) is 0 Å². The Morgan fingerprint density at radius 3 is 2.41 bits per heavy atom. The molecule has 0 aliphatic heterocycles. The van der Waals surface area contributed by atoms with Crippen LogP contribution in [-0.2, 0) is 9.47 Å². The fourth-order valence-electron chi connectivity index (χ4n) is 1.53. The van der Waals surface area contributed by atoms with Crippen LogP contribution in [0.2, 0.25) is 0 Å². The highest BCUT2D eigenvalue weighted by Gasteiger charge is 2.31. The van der Waals surface area contributed by atoms with Crippen molar-refractivity contribution in [3.63, 3.8) is 0 Å². The molecule has 0 atom stereocenters. The van der Waals surface area contributed by atoms with E-state index in [0.29, 0.717) is 32.8 Å². The fraction of sp³-hybridized carbons (Fsp3) is 0.500. The van der Waals surface area contributed by atoms with Crippen molar-refractivity contribution >= 4 is 5.91 Å². The van der Waals surface area contributed by atoms with Crippen LogP contribution in [0.1, 0.15) is 16.8 Å². The molecule has 0 aromatic heterocycles. The number of carbonyl (C=O) groups is 1. The van der Waals surface area contributed by atoms with Gasteiger partial charge in [0, 0.05) is 25.8 Å². The molecule has 0 radical (unpaired) electrons. The van der Waals surface area contributed by atoms with Gasteiger partial charge in [0.15, 0.2) is 0 Å². The number of ether oxygens (including phenoxy) is 3. The van der Waals surface area contributed by atoms with Crippen LogP contribution < -0.4 is 10.1 Å². The molecule has 1 rings (SSSR count). The Kier molecular flexibility index (Phi) is 7.69. The smallest absolute Gasteiger partial charge is 0.406 e. The number of benzene rings is 1. The fourth-order valence-corrected chi connectivity index (χ4v) is 1.53. The van der Waals surface area contributed by atoms with Gasteiger partial charge < -0.3 is 19.5 Å². The number of nitrogens with one attached hydrogen (secondary N) is 1. The molecule has 0 aliphatic carbocycles. The Bertz CT molecular complexity index is 448. The summed E-state index contributed by atoms with van der Waals surface area (Å²) in [7, 11) is 1.58. The molecule has 1 aromatic carbocycles. The van der Waals surface area contributed by atoms with E-state index in [4.69, 9.17) is 9.47 Å². The Balaban J connectivity index is 2.28. The largest absolute Gasteiger partial charge is 0.573 e. The topological polar surface area (TPSA) is 56.8 Å². The number of amides is 1. The van der Waals surface area contributed by atoms with Gasteiger partial charge in [0.05, 0.1) is 13.2 Å². The van der Waals surface area contributed by atoms with Gasteiger partial charge in [-0.3, -0.25) is 4.79 Å². The molecule has 0 bridgehead atoms. The van der Waals surface area contributed by atoms with E-state index < -0.39 is 6.36 Å². The maximum Gasteiger partial charge on any atom is 0.573 e. The lowest BCUT2D eigenvalue weighted by Crippen LogP contribution is -2.25. The van der Waals surface area contributed by atoms with E-state index in [1.807, 2.05) is 0 Å². The summed E-state index contributed by atoms with van der Waals surface area (Å²) in [5, 5.41) is 2.64. The SMILES string of the molecule is COCCOCCCNC(=O)c1ccc(OC(F)(F)F)cc1. The summed E-state index contributed by atoms with van der Waals surface area (Å²) in [6, 6.07) is 4.73. The van der Waals surface area contributed by atoms with Crippen molar-refractivity contribution in [1.82, 2.24) is 5.32 Å². The predicted octanol–water partition coefficient (Wildman–Crippen LogP) is 2.37. The normalized spacial score (nSPS) is 11.3. The number of methoxy groups -OCH3 is 1. The number of hydrogen-bond acceptors (Lipinski definition) is 4. The first-order valence-corrected chi connectivity index (χ1v) is 6.63. The summed E-state index contributed by atoms with van der Waals surface area (Å²) < 4.78 is 49.7. The van der Waals surface area contributed by atoms with Gasteiger partial charge >= 0.3 is 6.36 Å². The van der Waals surface area contributed by atoms with Crippen LogP contribution in [0.3, 0.4) is 0 Å². The summed E-state index contributed by atoms with van der Waals surface area (Å²) in [5.74, 6) is -0.731. The summed E-state index contributed by atoms with van der Waals surface area (Å²) in [6.07, 6.45) is -4.11. The van der Waals surface area contributed by atoms with Gasteiger partial charge in [-0.05, 0) is 30.7 Å². The Labute approximate surface area is 126 Å². The number of rotatable bonds is 9. The Hall–Kier alpha value is -1.80. The van der Waals surface area contributed by atoms with Crippen LogP contribution in [-0.4, -0.2) is 45.7 Å². The highest BCUT2D eigenvalue weighted by atomic mass is 19.4. The molecule has 0 aliphatic rings. The summed E-state index contributed by atoms with van der Waals surface area (Å²) >= 11 is 0. The quantitative estimate of drug-likeness (QED) is 0.710. The van der Waals surface area contributed by atoms with E-state index in [1.54, 1.807) is 7.11 Å². The molecule has 0 fully saturated rings. The molecule has 1 N–H and O–H groups in total. The van der Waals surface area contributed by atoms with E-state index in [1.165, 1.54) is 12.1 Å². The van der Waals surface area contributed by atoms with Crippen molar-refractivity contribution in [2.45, 2.75) is 12.8 Å². The van der Waals surface area contributed by atoms with Gasteiger partial charge in [0.1, 0.15) is 5.75 Å². The van der Waals surface area contributed by atoms with Gasteiger partial charge in [-0.15, -0.1) is 13.2 Å². The second-order valence-corrected chi connectivity index (χ2v) is 4.29. The zero-order valence-corrected chi connectivity index (χ0v) is 12.1. The van der Waals surface area contributed by atoms with Crippen molar-refractivity contribution in [1.29, 1.82) is 0 Å². The first-order chi connectivity index (χ1) is 10.4. The number of carbonyl (C=O) groups excluding carboxylic acids is 1. The Morgan fingerprint density at radius 1 is 1.14 bits per heavy atom. The lowest BCUT2D eigenvalue weighted by molar-refractivity contribution is -0.274. The van der Waals surface area contributed by atoms with E-state index in [2.05, 4.69) is 10.1 Å². The molecule has 1 aromatic rings. The van der Waals surface area contributed by atoms with Crippen molar-refractivity contribution < 1.29 is 32.2 Å². The minimum atomic E-state index is -4.74. The standard InChI is InChI=1S/C14H18F3NO4/c1-20-9-10-21-8-2-7-18-13(19)11-3-5-12(6-4-11)22-14(15,16)17/h3-6H,2,7-10H2,1H3,(H,18,19).